The standard InChI is InChI=1S/C32H52O2/c1-20-14-15-29(6)16-18-31(8)25-12-10-23-24(11-13-26(28(23,4)5)34-22(3)33)30(25,7)17-19-32(31,9)27(29)21(20)2/h10,20-21,24-27H,11-19H2,1-9H3/t20-,21+,24-,25+,26+,27-,29-,30+,31-,32+/m1/s1. The number of fused-ring (bicyclic) bond motifs is 7. The van der Waals surface area contributed by atoms with Crippen molar-refractivity contribution in [2.24, 2.45) is 56.7 Å². The van der Waals surface area contributed by atoms with E-state index < -0.39 is 0 Å². The fraction of sp³-hybridized carbons (Fsp3) is 0.906. The SMILES string of the molecule is CC(=O)O[C@H]1CC[C@@H]2C(=CC[C@H]3[C@@]2(C)CC[C@@]2(C)[C@@H]4[C@@H](C)[C@H](C)CC[C@]4(C)CC[C@]32C)C1(C)C. The molecule has 0 bridgehead atoms. The highest BCUT2D eigenvalue weighted by atomic mass is 16.5. The van der Waals surface area contributed by atoms with Gasteiger partial charge in [0.15, 0.2) is 0 Å². The number of rotatable bonds is 1. The first-order chi connectivity index (χ1) is 15.7. The highest BCUT2D eigenvalue weighted by Crippen LogP contribution is 2.77. The average molecular weight is 469 g/mol. The number of hydrogen-bond acceptors (Lipinski definition) is 2. The predicted octanol–water partition coefficient (Wildman–Crippen LogP) is 8.60. The molecule has 0 N–H and O–H groups in total. The molecule has 2 nitrogen and oxygen atoms in total. The van der Waals surface area contributed by atoms with Crippen molar-refractivity contribution in [2.75, 3.05) is 0 Å². The zero-order chi connectivity index (χ0) is 24.9. The van der Waals surface area contributed by atoms with Gasteiger partial charge in [-0.2, -0.15) is 0 Å². The van der Waals surface area contributed by atoms with Crippen LogP contribution in [0.4, 0.5) is 0 Å². The van der Waals surface area contributed by atoms with Crippen LogP contribution in [0.25, 0.3) is 0 Å². The molecule has 5 rings (SSSR count). The minimum Gasteiger partial charge on any atom is -0.462 e. The van der Waals surface area contributed by atoms with Gasteiger partial charge in [0.05, 0.1) is 0 Å². The Morgan fingerprint density at radius 1 is 0.882 bits per heavy atom. The van der Waals surface area contributed by atoms with Gasteiger partial charge in [0.25, 0.3) is 0 Å². The summed E-state index contributed by atoms with van der Waals surface area (Å²) in [5, 5.41) is 0. The van der Waals surface area contributed by atoms with Gasteiger partial charge in [0.2, 0.25) is 0 Å². The second-order valence-electron chi connectivity index (χ2n) is 15.2. The predicted molar refractivity (Wildman–Crippen MR) is 140 cm³/mol. The van der Waals surface area contributed by atoms with Crippen molar-refractivity contribution in [2.45, 2.75) is 126 Å². The largest absolute Gasteiger partial charge is 0.462 e. The first-order valence-electron chi connectivity index (χ1n) is 14.6. The Morgan fingerprint density at radius 3 is 2.24 bits per heavy atom. The van der Waals surface area contributed by atoms with Crippen LogP contribution in [0.15, 0.2) is 11.6 Å². The van der Waals surface area contributed by atoms with E-state index >= 15 is 0 Å². The molecule has 0 aromatic carbocycles. The molecular weight excluding hydrogens is 416 g/mol. The molecule has 2 heteroatoms. The monoisotopic (exact) mass is 468 g/mol. The summed E-state index contributed by atoms with van der Waals surface area (Å²) >= 11 is 0. The Bertz CT molecular complexity index is 885. The summed E-state index contributed by atoms with van der Waals surface area (Å²) in [7, 11) is 0. The van der Waals surface area contributed by atoms with Gasteiger partial charge in [-0.1, -0.05) is 67.0 Å². The van der Waals surface area contributed by atoms with E-state index in [0.717, 1.165) is 30.1 Å². The lowest BCUT2D eigenvalue weighted by Gasteiger charge is -2.73. The Kier molecular flexibility index (Phi) is 5.57. The Morgan fingerprint density at radius 2 is 1.56 bits per heavy atom. The van der Waals surface area contributed by atoms with Crippen molar-refractivity contribution in [1.82, 2.24) is 0 Å². The minimum atomic E-state index is -0.126. The lowest BCUT2D eigenvalue weighted by Crippen LogP contribution is -2.66. The van der Waals surface area contributed by atoms with Gasteiger partial charge in [-0.25, -0.2) is 0 Å². The van der Waals surface area contributed by atoms with Crippen LogP contribution in [0, 0.1) is 56.7 Å². The molecule has 5 aliphatic rings. The number of carbonyl (C=O) groups is 1. The van der Waals surface area contributed by atoms with E-state index in [9.17, 15) is 4.79 Å². The summed E-state index contributed by atoms with van der Waals surface area (Å²) in [6, 6.07) is 0. The third-order valence-electron chi connectivity index (χ3n) is 13.6. The Labute approximate surface area is 210 Å². The van der Waals surface area contributed by atoms with Crippen LogP contribution in [0.2, 0.25) is 0 Å². The van der Waals surface area contributed by atoms with Gasteiger partial charge in [-0.15, -0.1) is 0 Å². The van der Waals surface area contributed by atoms with Crippen LogP contribution in [0.1, 0.15) is 120 Å². The molecule has 5 aliphatic carbocycles. The molecule has 0 amide bonds. The van der Waals surface area contributed by atoms with E-state index in [1.54, 1.807) is 12.5 Å². The van der Waals surface area contributed by atoms with E-state index in [1.807, 2.05) is 0 Å². The van der Waals surface area contributed by atoms with Gasteiger partial charge >= 0.3 is 5.97 Å². The normalized spacial score (nSPS) is 54.0. The number of ether oxygens (including phenoxy) is 1. The molecule has 0 saturated heterocycles. The van der Waals surface area contributed by atoms with Gasteiger partial charge in [0, 0.05) is 12.3 Å². The summed E-state index contributed by atoms with van der Waals surface area (Å²) in [5.41, 5.74) is 3.31. The van der Waals surface area contributed by atoms with Crippen molar-refractivity contribution in [3.63, 3.8) is 0 Å². The quantitative estimate of drug-likeness (QED) is 0.284. The maximum Gasteiger partial charge on any atom is 0.302 e. The van der Waals surface area contributed by atoms with Crippen molar-refractivity contribution < 1.29 is 9.53 Å². The third kappa shape index (κ3) is 3.08. The van der Waals surface area contributed by atoms with Gasteiger partial charge in [0.1, 0.15) is 6.10 Å². The maximum absolute atomic E-state index is 11.8. The first kappa shape index (κ1) is 24.9. The molecule has 0 unspecified atom stereocenters. The zero-order valence-electron chi connectivity index (χ0n) is 23.7. The molecule has 192 valence electrons. The van der Waals surface area contributed by atoms with Gasteiger partial charge in [-0.3, -0.25) is 4.79 Å². The fourth-order valence-electron chi connectivity index (χ4n) is 11.4. The Balaban J connectivity index is 1.54. The smallest absolute Gasteiger partial charge is 0.302 e. The van der Waals surface area contributed by atoms with Crippen molar-refractivity contribution in [3.8, 4) is 0 Å². The number of hydrogen-bond donors (Lipinski definition) is 0. The van der Waals surface area contributed by atoms with E-state index in [4.69, 9.17) is 4.74 Å². The summed E-state index contributed by atoms with van der Waals surface area (Å²) in [5.74, 6) is 3.84. The summed E-state index contributed by atoms with van der Waals surface area (Å²) in [6.45, 7) is 22.2. The minimum absolute atomic E-state index is 0.0251. The number of carbonyl (C=O) groups excluding carboxylic acids is 1. The van der Waals surface area contributed by atoms with Crippen LogP contribution in [0.5, 0.6) is 0 Å². The second-order valence-corrected chi connectivity index (χ2v) is 15.2. The molecule has 0 aromatic heterocycles. The summed E-state index contributed by atoms with van der Waals surface area (Å²) < 4.78 is 5.86. The summed E-state index contributed by atoms with van der Waals surface area (Å²) in [6.07, 6.45) is 14.5. The lowest BCUT2D eigenvalue weighted by atomic mass is 9.31. The van der Waals surface area contributed by atoms with E-state index in [0.29, 0.717) is 27.6 Å². The second kappa shape index (κ2) is 7.61. The van der Waals surface area contributed by atoms with E-state index in [1.165, 1.54) is 51.4 Å². The van der Waals surface area contributed by atoms with Crippen LogP contribution < -0.4 is 0 Å². The number of esters is 1. The molecule has 0 aromatic rings. The molecule has 0 heterocycles. The number of allylic oxidation sites excluding steroid dienone is 1. The molecular formula is C32H52O2. The first-order valence-corrected chi connectivity index (χ1v) is 14.6. The topological polar surface area (TPSA) is 26.3 Å². The third-order valence-corrected chi connectivity index (χ3v) is 13.6. The molecule has 34 heavy (non-hydrogen) atoms. The highest BCUT2D eigenvalue weighted by molar-refractivity contribution is 5.66. The van der Waals surface area contributed by atoms with E-state index in [-0.39, 0.29) is 17.5 Å². The lowest BCUT2D eigenvalue weighted by molar-refractivity contribution is -0.238. The molecule has 4 fully saturated rings. The zero-order valence-corrected chi connectivity index (χ0v) is 23.7. The molecule has 4 saturated carbocycles. The van der Waals surface area contributed by atoms with Gasteiger partial charge < -0.3 is 4.74 Å². The van der Waals surface area contributed by atoms with Crippen LogP contribution in [0.3, 0.4) is 0 Å². The van der Waals surface area contributed by atoms with Crippen LogP contribution in [-0.2, 0) is 9.53 Å². The molecule has 0 spiro atoms. The van der Waals surface area contributed by atoms with Crippen molar-refractivity contribution >= 4 is 5.97 Å². The molecule has 0 aliphatic heterocycles. The molecule has 10 atom stereocenters. The molecule has 0 radical (unpaired) electrons. The maximum atomic E-state index is 11.8. The average Bonchev–Trinajstić information content (AvgIpc) is 2.74. The van der Waals surface area contributed by atoms with Crippen molar-refractivity contribution in [1.29, 1.82) is 0 Å². The van der Waals surface area contributed by atoms with Crippen LogP contribution >= 0.6 is 0 Å². The fourth-order valence-corrected chi connectivity index (χ4v) is 11.4. The summed E-state index contributed by atoms with van der Waals surface area (Å²) in [4.78, 5) is 11.8. The van der Waals surface area contributed by atoms with Crippen molar-refractivity contribution in [3.05, 3.63) is 11.6 Å². The Hall–Kier alpha value is -0.790. The van der Waals surface area contributed by atoms with E-state index in [2.05, 4.69) is 61.5 Å². The van der Waals surface area contributed by atoms with Crippen LogP contribution in [-0.4, -0.2) is 12.1 Å². The van der Waals surface area contributed by atoms with Gasteiger partial charge in [-0.05, 0) is 109 Å². The highest BCUT2D eigenvalue weighted by Gasteiger charge is 2.69.